The van der Waals surface area contributed by atoms with E-state index in [2.05, 4.69) is 4.98 Å². The minimum absolute atomic E-state index is 0.0869. The highest BCUT2D eigenvalue weighted by Crippen LogP contribution is 2.45. The highest BCUT2D eigenvalue weighted by molar-refractivity contribution is 7.86. The largest absolute Gasteiger partial charge is 0.385 e. The summed E-state index contributed by atoms with van der Waals surface area (Å²) in [4.78, 5) is 3.59. The zero-order chi connectivity index (χ0) is 12.0. The minimum Gasteiger partial charge on any atom is -0.385 e. The van der Waals surface area contributed by atoms with Gasteiger partial charge in [0, 0.05) is 33.1 Å². The van der Waals surface area contributed by atoms with Gasteiger partial charge in [-0.1, -0.05) is 6.07 Å². The molecule has 2 atom stereocenters. The van der Waals surface area contributed by atoms with E-state index >= 15 is 0 Å². The Balaban J connectivity index is 1.92. The summed E-state index contributed by atoms with van der Waals surface area (Å²) in [5.74, 6) is -0.542. The Morgan fingerprint density at radius 2 is 2.00 bits per heavy atom. The molecule has 3 rings (SSSR count). The second-order valence-corrected chi connectivity index (χ2v) is 6.95. The molecule has 0 saturated carbocycles. The highest BCUT2D eigenvalue weighted by Gasteiger charge is 2.48. The average Bonchev–Trinajstić information content (AvgIpc) is 2.53. The molecule has 0 amide bonds. The second kappa shape index (κ2) is 3.85. The van der Waals surface area contributed by atoms with Crippen molar-refractivity contribution in [1.29, 1.82) is 0 Å². The van der Waals surface area contributed by atoms with Crippen LogP contribution in [0.4, 0.5) is 4.39 Å². The number of aliphatic hydroxyl groups is 1. The van der Waals surface area contributed by atoms with E-state index < -0.39 is 22.3 Å². The third-order valence-corrected chi connectivity index (χ3v) is 5.98. The maximum Gasteiger partial charge on any atom is 0.212 e. The minimum atomic E-state index is -0.972. The molecule has 2 aliphatic rings. The lowest BCUT2D eigenvalue weighted by atomic mass is 9.87. The molecule has 3 nitrogen and oxygen atoms in total. The Hall–Kier alpha value is -0.810. The molecular weight excluding hydrogens is 241 g/mol. The predicted molar refractivity (Wildman–Crippen MR) is 62.3 cm³/mol. The van der Waals surface area contributed by atoms with Gasteiger partial charge in [0.25, 0.3) is 0 Å². The lowest BCUT2D eigenvalue weighted by Gasteiger charge is -2.35. The highest BCUT2D eigenvalue weighted by atomic mass is 32.2. The van der Waals surface area contributed by atoms with Crippen LogP contribution in [0.2, 0.25) is 0 Å². The molecule has 5 heteroatoms. The summed E-state index contributed by atoms with van der Waals surface area (Å²) in [5.41, 5.74) is -0.326. The van der Waals surface area contributed by atoms with Gasteiger partial charge in [0.1, 0.15) is 0 Å². The maximum absolute atomic E-state index is 12.8. The van der Waals surface area contributed by atoms with Crippen molar-refractivity contribution in [2.45, 2.75) is 41.8 Å². The van der Waals surface area contributed by atoms with Gasteiger partial charge in [0.05, 0.1) is 5.60 Å². The van der Waals surface area contributed by atoms with E-state index in [4.69, 9.17) is 0 Å². The molecule has 0 radical (unpaired) electrons. The van der Waals surface area contributed by atoms with Gasteiger partial charge in [-0.05, 0) is 31.7 Å². The van der Waals surface area contributed by atoms with Gasteiger partial charge in [0.15, 0.2) is 0 Å². The van der Waals surface area contributed by atoms with E-state index in [1.165, 1.54) is 12.3 Å². The van der Waals surface area contributed by atoms with Crippen LogP contribution in [0.3, 0.4) is 0 Å². The van der Waals surface area contributed by atoms with Crippen molar-refractivity contribution in [3.05, 3.63) is 29.8 Å². The van der Waals surface area contributed by atoms with Crippen LogP contribution in [0.1, 0.15) is 31.2 Å². The molecule has 0 spiro atoms. The summed E-state index contributed by atoms with van der Waals surface area (Å²) < 4.78 is 24.7. The molecule has 3 heterocycles. The van der Waals surface area contributed by atoms with Crippen LogP contribution in [0.15, 0.2) is 18.3 Å². The van der Waals surface area contributed by atoms with Gasteiger partial charge in [-0.3, -0.25) is 4.21 Å². The molecular formula is C12H14FNO2S. The van der Waals surface area contributed by atoms with Crippen molar-refractivity contribution in [2.75, 3.05) is 0 Å². The van der Waals surface area contributed by atoms with Crippen molar-refractivity contribution >= 4 is 10.8 Å². The topological polar surface area (TPSA) is 50.2 Å². The van der Waals surface area contributed by atoms with Gasteiger partial charge in [-0.2, -0.15) is 4.39 Å². The quantitative estimate of drug-likeness (QED) is 0.773. The van der Waals surface area contributed by atoms with Crippen LogP contribution in [0.25, 0.3) is 0 Å². The smallest absolute Gasteiger partial charge is 0.212 e. The molecule has 2 bridgehead atoms. The van der Waals surface area contributed by atoms with Crippen molar-refractivity contribution in [3.8, 4) is 0 Å². The standard InChI is InChI=1S/C12H14FNO2S/c13-11-4-1-8(7-14-11)12(15)5-9-2-3-10(6-12)17(9)16/h1,4,7,9-10,15H,2-3,5-6H2. The van der Waals surface area contributed by atoms with Crippen molar-refractivity contribution < 1.29 is 13.7 Å². The Labute approximate surface area is 102 Å². The molecule has 0 aromatic carbocycles. The molecule has 92 valence electrons. The first kappa shape index (κ1) is 11.3. The molecule has 2 unspecified atom stereocenters. The normalized spacial score (nSPS) is 40.5. The van der Waals surface area contributed by atoms with Crippen LogP contribution >= 0.6 is 0 Å². The summed E-state index contributed by atoms with van der Waals surface area (Å²) in [5, 5.41) is 10.8. The summed E-state index contributed by atoms with van der Waals surface area (Å²) in [7, 11) is -0.798. The van der Waals surface area contributed by atoms with Gasteiger partial charge >= 0.3 is 0 Å². The van der Waals surface area contributed by atoms with E-state index in [0.717, 1.165) is 12.8 Å². The Morgan fingerprint density at radius 1 is 1.35 bits per heavy atom. The van der Waals surface area contributed by atoms with Gasteiger partial charge in [-0.25, -0.2) is 4.98 Å². The Bertz CT molecular complexity index is 446. The van der Waals surface area contributed by atoms with Gasteiger partial charge < -0.3 is 5.11 Å². The van der Waals surface area contributed by atoms with Crippen LogP contribution in [-0.4, -0.2) is 24.8 Å². The third-order valence-electron chi connectivity index (χ3n) is 3.86. The number of aromatic nitrogens is 1. The van der Waals surface area contributed by atoms with E-state index in [1.807, 2.05) is 0 Å². The van der Waals surface area contributed by atoms with Crippen molar-refractivity contribution in [1.82, 2.24) is 4.98 Å². The fraction of sp³-hybridized carbons (Fsp3) is 0.583. The zero-order valence-corrected chi connectivity index (χ0v) is 10.1. The molecule has 2 saturated heterocycles. The summed E-state index contributed by atoms with van der Waals surface area (Å²) in [6.45, 7) is 0. The first-order valence-corrected chi connectivity index (χ1v) is 7.10. The number of hydrogen-bond acceptors (Lipinski definition) is 3. The summed E-state index contributed by atoms with van der Waals surface area (Å²) in [6, 6.07) is 2.84. The molecule has 0 aliphatic carbocycles. The van der Waals surface area contributed by atoms with E-state index in [9.17, 15) is 13.7 Å². The Kier molecular flexibility index (Phi) is 2.56. The number of rotatable bonds is 1. The lowest BCUT2D eigenvalue weighted by molar-refractivity contribution is 0.0180. The van der Waals surface area contributed by atoms with Gasteiger partial charge in [-0.15, -0.1) is 0 Å². The third kappa shape index (κ3) is 1.81. The maximum atomic E-state index is 12.8. The SMILES string of the molecule is O=S1C2CCC1CC(O)(c1ccc(F)nc1)C2. The Morgan fingerprint density at radius 3 is 2.53 bits per heavy atom. The van der Waals surface area contributed by atoms with Gasteiger partial charge in [0.2, 0.25) is 5.95 Å². The molecule has 1 aromatic rings. The fourth-order valence-electron chi connectivity index (χ4n) is 2.97. The first-order chi connectivity index (χ1) is 8.08. The van der Waals surface area contributed by atoms with E-state index in [-0.39, 0.29) is 10.5 Å². The van der Waals surface area contributed by atoms with Crippen molar-refractivity contribution in [3.63, 3.8) is 0 Å². The van der Waals surface area contributed by atoms with Crippen LogP contribution in [0, 0.1) is 5.95 Å². The first-order valence-electron chi connectivity index (χ1n) is 5.82. The van der Waals surface area contributed by atoms with Crippen LogP contribution < -0.4 is 0 Å². The fourth-order valence-corrected chi connectivity index (χ4v) is 5.13. The number of nitrogens with zero attached hydrogens (tertiary/aromatic N) is 1. The monoisotopic (exact) mass is 255 g/mol. The number of halogens is 1. The number of pyridine rings is 1. The zero-order valence-electron chi connectivity index (χ0n) is 9.30. The molecule has 2 aliphatic heterocycles. The average molecular weight is 255 g/mol. The number of hydrogen-bond donors (Lipinski definition) is 1. The lowest BCUT2D eigenvalue weighted by Crippen LogP contribution is -2.40. The van der Waals surface area contributed by atoms with Crippen LogP contribution in [0.5, 0.6) is 0 Å². The van der Waals surface area contributed by atoms with Crippen LogP contribution in [-0.2, 0) is 16.4 Å². The predicted octanol–water partition coefficient (Wildman–Crippen LogP) is 1.48. The second-order valence-electron chi connectivity index (χ2n) is 4.96. The molecule has 2 fully saturated rings. The summed E-state index contributed by atoms with van der Waals surface area (Å²) >= 11 is 0. The molecule has 1 N–H and O–H groups in total. The molecule has 1 aromatic heterocycles. The van der Waals surface area contributed by atoms with Crippen molar-refractivity contribution in [2.24, 2.45) is 0 Å². The van der Waals surface area contributed by atoms with E-state index in [1.54, 1.807) is 6.07 Å². The molecule has 17 heavy (non-hydrogen) atoms. The van der Waals surface area contributed by atoms with E-state index in [0.29, 0.717) is 18.4 Å². The number of fused-ring (bicyclic) bond motifs is 2. The summed E-state index contributed by atoms with van der Waals surface area (Å²) in [6.07, 6.45) is 4.25.